The Bertz CT molecular complexity index is 410. The molecule has 0 fully saturated rings. The summed E-state index contributed by atoms with van der Waals surface area (Å²) in [6.45, 7) is 3.71. The third-order valence-electron chi connectivity index (χ3n) is 2.59. The monoisotopic (exact) mass is 224 g/mol. The van der Waals surface area contributed by atoms with E-state index in [2.05, 4.69) is 0 Å². The van der Waals surface area contributed by atoms with Crippen molar-refractivity contribution in [2.75, 3.05) is 14.2 Å². The van der Waals surface area contributed by atoms with E-state index >= 15 is 0 Å². The minimum Gasteiger partial charge on any atom is -0.493 e. The molecule has 88 valence electrons. The molecule has 4 nitrogen and oxygen atoms in total. The van der Waals surface area contributed by atoms with Crippen LogP contribution in [0.15, 0.2) is 6.07 Å². The van der Waals surface area contributed by atoms with E-state index in [-0.39, 0.29) is 6.42 Å². The zero-order chi connectivity index (χ0) is 12.3. The number of hydrogen-bond acceptors (Lipinski definition) is 3. The molecule has 0 heterocycles. The molecule has 0 radical (unpaired) electrons. The number of methoxy groups -OCH3 is 2. The summed E-state index contributed by atoms with van der Waals surface area (Å²) in [4.78, 5) is 10.8. The molecule has 0 aliphatic carbocycles. The molecule has 4 heteroatoms. The summed E-state index contributed by atoms with van der Waals surface area (Å²) in [6, 6.07) is 1.80. The molecular formula is C12H16O4. The number of carboxylic acids is 1. The Hall–Kier alpha value is -1.71. The van der Waals surface area contributed by atoms with Gasteiger partial charge in [-0.15, -0.1) is 0 Å². The van der Waals surface area contributed by atoms with Crippen molar-refractivity contribution in [3.8, 4) is 11.5 Å². The van der Waals surface area contributed by atoms with Crippen LogP contribution in [0.25, 0.3) is 0 Å². The van der Waals surface area contributed by atoms with Gasteiger partial charge < -0.3 is 14.6 Å². The standard InChI is InChI=1S/C12H16O4/c1-7-5-10(15-3)12(16-4)8(2)9(7)6-11(13)14/h5H,6H2,1-4H3,(H,13,14). The highest BCUT2D eigenvalue weighted by atomic mass is 16.5. The van der Waals surface area contributed by atoms with Crippen LogP contribution in [0.1, 0.15) is 16.7 Å². The summed E-state index contributed by atoms with van der Waals surface area (Å²) in [7, 11) is 3.11. The molecule has 0 saturated carbocycles. The van der Waals surface area contributed by atoms with E-state index in [1.54, 1.807) is 20.3 Å². The number of hydrogen-bond donors (Lipinski definition) is 1. The summed E-state index contributed by atoms with van der Waals surface area (Å²) in [5, 5.41) is 8.83. The minimum absolute atomic E-state index is 0.00196. The topological polar surface area (TPSA) is 55.8 Å². The minimum atomic E-state index is -0.849. The van der Waals surface area contributed by atoms with Gasteiger partial charge in [-0.05, 0) is 36.6 Å². The SMILES string of the molecule is COc1cc(C)c(CC(=O)O)c(C)c1OC. The number of carbonyl (C=O) groups is 1. The van der Waals surface area contributed by atoms with Gasteiger partial charge in [-0.1, -0.05) is 0 Å². The number of ether oxygens (including phenoxy) is 2. The fraction of sp³-hybridized carbons (Fsp3) is 0.417. The van der Waals surface area contributed by atoms with Gasteiger partial charge in [-0.25, -0.2) is 0 Å². The van der Waals surface area contributed by atoms with Crippen LogP contribution in [-0.2, 0) is 11.2 Å². The van der Waals surface area contributed by atoms with Gasteiger partial charge in [0.2, 0.25) is 0 Å². The van der Waals surface area contributed by atoms with E-state index in [0.717, 1.165) is 16.7 Å². The lowest BCUT2D eigenvalue weighted by molar-refractivity contribution is -0.136. The Kier molecular flexibility index (Phi) is 3.77. The lowest BCUT2D eigenvalue weighted by atomic mass is 9.98. The first-order chi connectivity index (χ1) is 7.51. The maximum absolute atomic E-state index is 10.8. The number of aryl methyl sites for hydroxylation is 1. The van der Waals surface area contributed by atoms with Crippen LogP contribution in [0.5, 0.6) is 11.5 Å². The largest absolute Gasteiger partial charge is 0.493 e. The zero-order valence-corrected chi connectivity index (χ0v) is 9.96. The summed E-state index contributed by atoms with van der Waals surface area (Å²) >= 11 is 0. The van der Waals surface area contributed by atoms with Gasteiger partial charge in [-0.3, -0.25) is 4.79 Å². The Morgan fingerprint density at radius 3 is 2.38 bits per heavy atom. The lowest BCUT2D eigenvalue weighted by Gasteiger charge is -2.15. The Morgan fingerprint density at radius 2 is 1.94 bits per heavy atom. The molecule has 0 aliphatic rings. The van der Waals surface area contributed by atoms with Crippen molar-refractivity contribution in [2.24, 2.45) is 0 Å². The van der Waals surface area contributed by atoms with Crippen LogP contribution in [0, 0.1) is 13.8 Å². The second-order valence-corrected chi connectivity index (χ2v) is 3.60. The molecule has 0 atom stereocenters. The highest BCUT2D eigenvalue weighted by Gasteiger charge is 2.16. The van der Waals surface area contributed by atoms with Crippen molar-refractivity contribution in [1.29, 1.82) is 0 Å². The number of rotatable bonds is 4. The van der Waals surface area contributed by atoms with Crippen molar-refractivity contribution in [3.63, 3.8) is 0 Å². The molecular weight excluding hydrogens is 208 g/mol. The van der Waals surface area contributed by atoms with Crippen molar-refractivity contribution < 1.29 is 19.4 Å². The van der Waals surface area contributed by atoms with Crippen LogP contribution in [0.3, 0.4) is 0 Å². The van der Waals surface area contributed by atoms with Gasteiger partial charge in [-0.2, -0.15) is 0 Å². The molecule has 0 amide bonds. The first kappa shape index (κ1) is 12.4. The van der Waals surface area contributed by atoms with Crippen LogP contribution in [0.4, 0.5) is 0 Å². The Labute approximate surface area is 94.8 Å². The Balaban J connectivity index is 3.34. The van der Waals surface area contributed by atoms with Gasteiger partial charge in [0.25, 0.3) is 0 Å². The van der Waals surface area contributed by atoms with E-state index in [9.17, 15) is 4.79 Å². The van der Waals surface area contributed by atoms with Crippen molar-refractivity contribution in [2.45, 2.75) is 20.3 Å². The number of carboxylic acid groups (broad SMARTS) is 1. The molecule has 1 N–H and O–H groups in total. The molecule has 1 aromatic rings. The summed E-state index contributed by atoms with van der Waals surface area (Å²) < 4.78 is 10.4. The number of aliphatic carboxylic acids is 1. The zero-order valence-electron chi connectivity index (χ0n) is 9.96. The normalized spacial score (nSPS) is 10.0. The van der Waals surface area contributed by atoms with Crippen LogP contribution >= 0.6 is 0 Å². The van der Waals surface area contributed by atoms with E-state index in [4.69, 9.17) is 14.6 Å². The van der Waals surface area contributed by atoms with Gasteiger partial charge in [0.05, 0.1) is 20.6 Å². The predicted molar refractivity (Wildman–Crippen MR) is 60.4 cm³/mol. The molecule has 0 unspecified atom stereocenters. The first-order valence-electron chi connectivity index (χ1n) is 4.94. The summed E-state index contributed by atoms with van der Waals surface area (Å²) in [5.41, 5.74) is 2.50. The second kappa shape index (κ2) is 4.88. The third kappa shape index (κ3) is 2.27. The van der Waals surface area contributed by atoms with Crippen LogP contribution in [-0.4, -0.2) is 25.3 Å². The van der Waals surface area contributed by atoms with E-state index in [1.165, 1.54) is 0 Å². The molecule has 16 heavy (non-hydrogen) atoms. The van der Waals surface area contributed by atoms with E-state index in [0.29, 0.717) is 11.5 Å². The molecule has 0 saturated heterocycles. The quantitative estimate of drug-likeness (QED) is 0.849. The van der Waals surface area contributed by atoms with Crippen molar-refractivity contribution in [3.05, 3.63) is 22.8 Å². The van der Waals surface area contributed by atoms with E-state index < -0.39 is 5.97 Å². The fourth-order valence-electron chi connectivity index (χ4n) is 1.80. The number of benzene rings is 1. The van der Waals surface area contributed by atoms with Gasteiger partial charge >= 0.3 is 5.97 Å². The fourth-order valence-corrected chi connectivity index (χ4v) is 1.80. The van der Waals surface area contributed by atoms with Crippen LogP contribution < -0.4 is 9.47 Å². The predicted octanol–water partition coefficient (Wildman–Crippen LogP) is 1.95. The lowest BCUT2D eigenvalue weighted by Crippen LogP contribution is -2.06. The average molecular weight is 224 g/mol. The molecule has 0 spiro atoms. The smallest absolute Gasteiger partial charge is 0.307 e. The third-order valence-corrected chi connectivity index (χ3v) is 2.59. The highest BCUT2D eigenvalue weighted by molar-refractivity contribution is 5.72. The average Bonchev–Trinajstić information content (AvgIpc) is 2.23. The first-order valence-corrected chi connectivity index (χ1v) is 4.94. The Morgan fingerprint density at radius 1 is 1.31 bits per heavy atom. The van der Waals surface area contributed by atoms with Crippen LogP contribution in [0.2, 0.25) is 0 Å². The molecule has 0 aliphatic heterocycles. The second-order valence-electron chi connectivity index (χ2n) is 3.60. The van der Waals surface area contributed by atoms with Crippen molar-refractivity contribution in [1.82, 2.24) is 0 Å². The van der Waals surface area contributed by atoms with Crippen molar-refractivity contribution >= 4 is 5.97 Å². The molecule has 1 rings (SSSR count). The summed E-state index contributed by atoms with van der Waals surface area (Å²) in [6.07, 6.45) is -0.00196. The van der Waals surface area contributed by atoms with Gasteiger partial charge in [0.1, 0.15) is 0 Å². The van der Waals surface area contributed by atoms with Gasteiger partial charge in [0.15, 0.2) is 11.5 Å². The summed E-state index contributed by atoms with van der Waals surface area (Å²) in [5.74, 6) is 0.384. The van der Waals surface area contributed by atoms with E-state index in [1.807, 2.05) is 13.8 Å². The molecule has 1 aromatic carbocycles. The molecule has 0 aromatic heterocycles. The van der Waals surface area contributed by atoms with Gasteiger partial charge in [0, 0.05) is 0 Å². The maximum Gasteiger partial charge on any atom is 0.307 e. The maximum atomic E-state index is 10.8. The molecule has 0 bridgehead atoms. The highest BCUT2D eigenvalue weighted by Crippen LogP contribution is 2.35.